The maximum Gasteiger partial charge on any atom is 0.260 e. The highest BCUT2D eigenvalue weighted by Crippen LogP contribution is 2.32. The Balaban J connectivity index is 1.79. The van der Waals surface area contributed by atoms with E-state index >= 15 is 0 Å². The number of hydrogen-bond donors (Lipinski definition) is 1. The fraction of sp³-hybridized carbons (Fsp3) is 0.500. The molecule has 1 atom stereocenters. The van der Waals surface area contributed by atoms with E-state index in [0.717, 1.165) is 12.8 Å². The van der Waals surface area contributed by atoms with Gasteiger partial charge in [0, 0.05) is 19.7 Å². The van der Waals surface area contributed by atoms with Gasteiger partial charge in [-0.05, 0) is 30.9 Å². The first kappa shape index (κ1) is 15.4. The van der Waals surface area contributed by atoms with E-state index in [1.165, 1.54) is 4.90 Å². The second-order valence-corrected chi connectivity index (χ2v) is 5.86. The maximum absolute atomic E-state index is 11.9. The van der Waals surface area contributed by atoms with Gasteiger partial charge in [0.05, 0.1) is 16.1 Å². The van der Waals surface area contributed by atoms with Crippen molar-refractivity contribution in [1.82, 2.24) is 4.90 Å². The molecule has 110 valence electrons. The Bertz CT molecular complexity index is 491. The standard InChI is InChI=1S/C14H17Cl2NO3/c1-17(7-13(18)9-2-3-9)14(19)8-20-10-4-5-11(15)12(16)6-10/h4-6,9,13,18H,2-3,7-8H2,1H3. The third-order valence-corrected chi connectivity index (χ3v) is 4.05. The molecule has 1 aromatic carbocycles. The zero-order valence-corrected chi connectivity index (χ0v) is 12.7. The minimum atomic E-state index is -0.436. The first-order valence-electron chi connectivity index (χ1n) is 6.47. The minimum absolute atomic E-state index is 0.0914. The molecule has 1 N–H and O–H groups in total. The van der Waals surface area contributed by atoms with Gasteiger partial charge in [-0.25, -0.2) is 0 Å². The van der Waals surface area contributed by atoms with Crippen LogP contribution in [-0.4, -0.2) is 42.2 Å². The number of aliphatic hydroxyl groups excluding tert-OH is 1. The van der Waals surface area contributed by atoms with Gasteiger partial charge in [-0.3, -0.25) is 4.79 Å². The van der Waals surface area contributed by atoms with Crippen LogP contribution in [0.3, 0.4) is 0 Å². The van der Waals surface area contributed by atoms with Gasteiger partial charge in [-0.2, -0.15) is 0 Å². The number of benzene rings is 1. The van der Waals surface area contributed by atoms with Crippen LogP contribution in [0.2, 0.25) is 10.0 Å². The molecule has 1 aliphatic carbocycles. The van der Waals surface area contributed by atoms with Crippen molar-refractivity contribution in [1.29, 1.82) is 0 Å². The van der Waals surface area contributed by atoms with E-state index in [1.54, 1.807) is 25.2 Å². The molecule has 1 amide bonds. The van der Waals surface area contributed by atoms with Crippen molar-refractivity contribution in [3.05, 3.63) is 28.2 Å². The van der Waals surface area contributed by atoms with E-state index in [-0.39, 0.29) is 12.5 Å². The summed E-state index contributed by atoms with van der Waals surface area (Å²) in [6.07, 6.45) is 1.65. The number of halogens is 2. The quantitative estimate of drug-likeness (QED) is 0.877. The van der Waals surface area contributed by atoms with Gasteiger partial charge in [0.1, 0.15) is 5.75 Å². The SMILES string of the molecule is CN(CC(O)C1CC1)C(=O)COc1ccc(Cl)c(Cl)c1. The van der Waals surface area contributed by atoms with E-state index in [0.29, 0.717) is 28.3 Å². The van der Waals surface area contributed by atoms with Crippen LogP contribution in [0.15, 0.2) is 18.2 Å². The fourth-order valence-corrected chi connectivity index (χ4v) is 2.12. The zero-order chi connectivity index (χ0) is 14.7. The first-order chi connectivity index (χ1) is 9.47. The maximum atomic E-state index is 11.9. The predicted octanol–water partition coefficient (Wildman–Crippen LogP) is 2.60. The lowest BCUT2D eigenvalue weighted by molar-refractivity contribution is -0.133. The molecule has 4 nitrogen and oxygen atoms in total. The molecule has 0 spiro atoms. The van der Waals surface area contributed by atoms with Gasteiger partial charge in [-0.1, -0.05) is 23.2 Å². The summed E-state index contributed by atoms with van der Waals surface area (Å²) in [6, 6.07) is 4.83. The van der Waals surface area contributed by atoms with Crippen molar-refractivity contribution in [2.24, 2.45) is 5.92 Å². The van der Waals surface area contributed by atoms with Crippen LogP contribution in [0.4, 0.5) is 0 Å². The number of hydrogen-bond acceptors (Lipinski definition) is 3. The average molecular weight is 318 g/mol. The molecule has 0 heterocycles. The third-order valence-electron chi connectivity index (χ3n) is 3.31. The average Bonchev–Trinajstić information content (AvgIpc) is 3.24. The van der Waals surface area contributed by atoms with E-state index in [4.69, 9.17) is 27.9 Å². The highest BCUT2D eigenvalue weighted by atomic mass is 35.5. The Morgan fingerprint density at radius 2 is 2.15 bits per heavy atom. The van der Waals surface area contributed by atoms with E-state index < -0.39 is 6.10 Å². The highest BCUT2D eigenvalue weighted by molar-refractivity contribution is 6.42. The lowest BCUT2D eigenvalue weighted by Crippen LogP contribution is -2.37. The molecule has 20 heavy (non-hydrogen) atoms. The van der Waals surface area contributed by atoms with Crippen LogP contribution in [-0.2, 0) is 4.79 Å². The largest absolute Gasteiger partial charge is 0.484 e. The number of carbonyl (C=O) groups is 1. The van der Waals surface area contributed by atoms with E-state index in [1.807, 2.05) is 0 Å². The smallest absolute Gasteiger partial charge is 0.260 e. The van der Waals surface area contributed by atoms with Crippen LogP contribution >= 0.6 is 23.2 Å². The highest BCUT2D eigenvalue weighted by Gasteiger charge is 2.31. The molecule has 0 radical (unpaired) electrons. The minimum Gasteiger partial charge on any atom is -0.484 e. The van der Waals surface area contributed by atoms with Crippen molar-refractivity contribution in [3.8, 4) is 5.75 Å². The number of carbonyl (C=O) groups excluding carboxylic acids is 1. The summed E-state index contributed by atoms with van der Waals surface area (Å²) < 4.78 is 5.37. The molecule has 1 aromatic rings. The Morgan fingerprint density at radius 1 is 1.45 bits per heavy atom. The molecular formula is C14H17Cl2NO3. The molecule has 0 aliphatic heterocycles. The van der Waals surface area contributed by atoms with Gasteiger partial charge in [0.2, 0.25) is 0 Å². The predicted molar refractivity (Wildman–Crippen MR) is 78.3 cm³/mol. The fourth-order valence-electron chi connectivity index (χ4n) is 1.83. The molecular weight excluding hydrogens is 301 g/mol. The molecule has 0 aromatic heterocycles. The molecule has 1 fully saturated rings. The molecule has 1 unspecified atom stereocenters. The van der Waals surface area contributed by atoms with Crippen molar-refractivity contribution in [2.75, 3.05) is 20.2 Å². The van der Waals surface area contributed by atoms with E-state index in [9.17, 15) is 9.90 Å². The summed E-state index contributed by atoms with van der Waals surface area (Å²) in [7, 11) is 1.66. The van der Waals surface area contributed by atoms with E-state index in [2.05, 4.69) is 0 Å². The Labute approximate surface area is 128 Å². The summed E-state index contributed by atoms with van der Waals surface area (Å²) >= 11 is 11.7. The number of likely N-dealkylation sites (N-methyl/N-ethyl adjacent to an activating group) is 1. The third kappa shape index (κ3) is 4.27. The second kappa shape index (κ2) is 6.66. The summed E-state index contributed by atoms with van der Waals surface area (Å²) in [5.41, 5.74) is 0. The molecule has 1 saturated carbocycles. The van der Waals surface area contributed by atoms with Crippen molar-refractivity contribution in [2.45, 2.75) is 18.9 Å². The number of nitrogens with zero attached hydrogens (tertiary/aromatic N) is 1. The Kier molecular flexibility index (Phi) is 5.13. The van der Waals surface area contributed by atoms with Crippen LogP contribution < -0.4 is 4.74 Å². The molecule has 0 saturated heterocycles. The first-order valence-corrected chi connectivity index (χ1v) is 7.23. The van der Waals surface area contributed by atoms with Crippen molar-refractivity contribution in [3.63, 3.8) is 0 Å². The van der Waals surface area contributed by atoms with Crippen molar-refractivity contribution >= 4 is 29.1 Å². The monoisotopic (exact) mass is 317 g/mol. The van der Waals surface area contributed by atoms with Crippen LogP contribution in [0.5, 0.6) is 5.75 Å². The number of aliphatic hydroxyl groups is 1. The van der Waals surface area contributed by atoms with Gasteiger partial charge in [0.15, 0.2) is 6.61 Å². The number of amides is 1. The summed E-state index contributed by atoms with van der Waals surface area (Å²) in [4.78, 5) is 13.4. The van der Waals surface area contributed by atoms with Crippen LogP contribution in [0, 0.1) is 5.92 Å². The van der Waals surface area contributed by atoms with Gasteiger partial charge >= 0.3 is 0 Å². The van der Waals surface area contributed by atoms with Gasteiger partial charge in [-0.15, -0.1) is 0 Å². The normalized spacial score (nSPS) is 15.8. The second-order valence-electron chi connectivity index (χ2n) is 5.04. The van der Waals surface area contributed by atoms with Crippen LogP contribution in [0.1, 0.15) is 12.8 Å². The Hall–Kier alpha value is -0.970. The topological polar surface area (TPSA) is 49.8 Å². The number of ether oxygens (including phenoxy) is 1. The van der Waals surface area contributed by atoms with Gasteiger partial charge < -0.3 is 14.7 Å². The Morgan fingerprint density at radius 3 is 2.75 bits per heavy atom. The molecule has 6 heteroatoms. The molecule has 1 aliphatic rings. The summed E-state index contributed by atoms with van der Waals surface area (Å²) in [6.45, 7) is 0.250. The molecule has 0 bridgehead atoms. The van der Waals surface area contributed by atoms with Crippen LogP contribution in [0.25, 0.3) is 0 Å². The zero-order valence-electron chi connectivity index (χ0n) is 11.2. The lowest BCUT2D eigenvalue weighted by Gasteiger charge is -2.20. The lowest BCUT2D eigenvalue weighted by atomic mass is 10.2. The summed E-state index contributed by atoms with van der Waals surface area (Å²) in [5, 5.41) is 10.6. The number of rotatable bonds is 6. The molecule has 2 rings (SSSR count). The summed E-state index contributed by atoms with van der Waals surface area (Å²) in [5.74, 6) is 0.654. The van der Waals surface area contributed by atoms with Crippen molar-refractivity contribution < 1.29 is 14.6 Å². The van der Waals surface area contributed by atoms with Gasteiger partial charge in [0.25, 0.3) is 5.91 Å².